The van der Waals surface area contributed by atoms with Gasteiger partial charge in [0.25, 0.3) is 0 Å². The summed E-state index contributed by atoms with van der Waals surface area (Å²) in [6.07, 6.45) is 0.162. The second kappa shape index (κ2) is 10.1. The Kier molecular flexibility index (Phi) is 8.22. The molecule has 2 amide bonds. The molecule has 7 nitrogen and oxygen atoms in total. The minimum atomic E-state index is -1.02. The third-order valence-corrected chi connectivity index (χ3v) is 3.78. The summed E-state index contributed by atoms with van der Waals surface area (Å²) in [4.78, 5) is 36.0. The standard InChI is InChI=1S/C18H22FN3O4/c1-11(8-9-20)16(18(25)26-3)22-17(24)15(21-12(2)23)10-13-4-6-14(19)7-5-13/h4-7,11,15-16H,8,10H2,1-3H3,(H,21,23)(H,22,24)/t11-,15-,16+/m1/s1. The number of nitriles is 1. The van der Waals surface area contributed by atoms with Gasteiger partial charge in [0.15, 0.2) is 0 Å². The van der Waals surface area contributed by atoms with Crippen LogP contribution in [-0.2, 0) is 25.5 Å². The van der Waals surface area contributed by atoms with Crippen molar-refractivity contribution < 1.29 is 23.5 Å². The molecule has 0 aliphatic heterocycles. The molecule has 0 unspecified atom stereocenters. The fraction of sp³-hybridized carbons (Fsp3) is 0.444. The second-order valence-corrected chi connectivity index (χ2v) is 5.93. The predicted molar refractivity (Wildman–Crippen MR) is 91.0 cm³/mol. The molecule has 1 rings (SSSR count). The maximum absolute atomic E-state index is 13.0. The number of benzene rings is 1. The lowest BCUT2D eigenvalue weighted by Gasteiger charge is -2.24. The molecule has 3 atom stereocenters. The van der Waals surface area contributed by atoms with Gasteiger partial charge in [-0.25, -0.2) is 9.18 Å². The van der Waals surface area contributed by atoms with E-state index in [1.54, 1.807) is 6.92 Å². The Bertz CT molecular complexity index is 685. The Morgan fingerprint density at radius 3 is 2.35 bits per heavy atom. The molecule has 0 aromatic heterocycles. The number of hydrogen-bond acceptors (Lipinski definition) is 5. The van der Waals surface area contributed by atoms with Crippen molar-refractivity contribution >= 4 is 17.8 Å². The van der Waals surface area contributed by atoms with Crippen LogP contribution >= 0.6 is 0 Å². The first-order valence-corrected chi connectivity index (χ1v) is 8.05. The topological polar surface area (TPSA) is 108 Å². The first-order chi connectivity index (χ1) is 12.3. The average molecular weight is 363 g/mol. The number of amides is 2. The number of carbonyl (C=O) groups is 3. The smallest absolute Gasteiger partial charge is 0.328 e. The molecule has 0 saturated heterocycles. The van der Waals surface area contributed by atoms with E-state index in [1.807, 2.05) is 6.07 Å². The van der Waals surface area contributed by atoms with Crippen molar-refractivity contribution in [2.45, 2.75) is 38.8 Å². The van der Waals surface area contributed by atoms with Crippen LogP contribution in [0.1, 0.15) is 25.8 Å². The summed E-state index contributed by atoms with van der Waals surface area (Å²) in [6, 6.07) is 5.49. The number of esters is 1. The van der Waals surface area contributed by atoms with E-state index < -0.39 is 41.6 Å². The molecule has 8 heteroatoms. The van der Waals surface area contributed by atoms with Crippen molar-refractivity contribution in [1.82, 2.24) is 10.6 Å². The number of carbonyl (C=O) groups excluding carboxylic acids is 3. The Morgan fingerprint density at radius 2 is 1.85 bits per heavy atom. The quantitative estimate of drug-likeness (QED) is 0.672. The molecule has 140 valence electrons. The van der Waals surface area contributed by atoms with E-state index in [2.05, 4.69) is 15.4 Å². The zero-order valence-electron chi connectivity index (χ0n) is 14.9. The van der Waals surface area contributed by atoms with Crippen molar-refractivity contribution in [3.63, 3.8) is 0 Å². The minimum absolute atomic E-state index is 0.0445. The van der Waals surface area contributed by atoms with E-state index >= 15 is 0 Å². The third-order valence-electron chi connectivity index (χ3n) is 3.78. The van der Waals surface area contributed by atoms with Crippen LogP contribution in [0, 0.1) is 23.1 Å². The number of ether oxygens (including phenoxy) is 1. The van der Waals surface area contributed by atoms with E-state index in [-0.39, 0.29) is 12.8 Å². The van der Waals surface area contributed by atoms with Gasteiger partial charge < -0.3 is 15.4 Å². The van der Waals surface area contributed by atoms with Crippen molar-refractivity contribution in [1.29, 1.82) is 5.26 Å². The molecule has 0 heterocycles. The Hall–Kier alpha value is -2.95. The minimum Gasteiger partial charge on any atom is -0.467 e. The number of hydrogen-bond donors (Lipinski definition) is 2. The predicted octanol–water partition coefficient (Wildman–Crippen LogP) is 1.08. The highest BCUT2D eigenvalue weighted by Crippen LogP contribution is 2.11. The van der Waals surface area contributed by atoms with Crippen LogP contribution in [0.3, 0.4) is 0 Å². The summed E-state index contributed by atoms with van der Waals surface area (Å²) in [5, 5.41) is 13.9. The average Bonchev–Trinajstić information content (AvgIpc) is 2.59. The summed E-state index contributed by atoms with van der Waals surface area (Å²) in [5.41, 5.74) is 0.639. The van der Waals surface area contributed by atoms with Crippen molar-refractivity contribution in [3.05, 3.63) is 35.6 Å². The van der Waals surface area contributed by atoms with Crippen LogP contribution in [0.2, 0.25) is 0 Å². The van der Waals surface area contributed by atoms with Crippen molar-refractivity contribution in [2.75, 3.05) is 7.11 Å². The monoisotopic (exact) mass is 363 g/mol. The van der Waals surface area contributed by atoms with Crippen LogP contribution in [0.4, 0.5) is 4.39 Å². The molecule has 0 radical (unpaired) electrons. The van der Waals surface area contributed by atoms with Crippen LogP contribution < -0.4 is 10.6 Å². The fourth-order valence-electron chi connectivity index (χ4n) is 2.39. The molecular formula is C18H22FN3O4. The van der Waals surface area contributed by atoms with Gasteiger partial charge in [-0.15, -0.1) is 0 Å². The van der Waals surface area contributed by atoms with Gasteiger partial charge >= 0.3 is 5.97 Å². The molecule has 1 aromatic rings. The van der Waals surface area contributed by atoms with Gasteiger partial charge in [0, 0.05) is 25.7 Å². The molecule has 2 N–H and O–H groups in total. The molecule has 0 fully saturated rings. The molecule has 0 aliphatic rings. The third kappa shape index (κ3) is 6.51. The lowest BCUT2D eigenvalue weighted by atomic mass is 9.97. The van der Waals surface area contributed by atoms with E-state index in [0.29, 0.717) is 5.56 Å². The van der Waals surface area contributed by atoms with Gasteiger partial charge in [-0.1, -0.05) is 19.1 Å². The van der Waals surface area contributed by atoms with Gasteiger partial charge in [0.1, 0.15) is 17.9 Å². The maximum Gasteiger partial charge on any atom is 0.328 e. The van der Waals surface area contributed by atoms with Crippen molar-refractivity contribution in [2.24, 2.45) is 5.92 Å². The van der Waals surface area contributed by atoms with E-state index in [1.165, 1.54) is 38.3 Å². The van der Waals surface area contributed by atoms with Gasteiger partial charge in [0.05, 0.1) is 13.2 Å². The summed E-state index contributed by atoms with van der Waals surface area (Å²) in [5.74, 6) is -2.58. The summed E-state index contributed by atoms with van der Waals surface area (Å²) in [7, 11) is 1.18. The first-order valence-electron chi connectivity index (χ1n) is 8.05. The number of methoxy groups -OCH3 is 1. The van der Waals surface area contributed by atoms with E-state index in [4.69, 9.17) is 5.26 Å². The normalized spacial score (nSPS) is 13.7. The van der Waals surface area contributed by atoms with Crippen molar-refractivity contribution in [3.8, 4) is 6.07 Å². The van der Waals surface area contributed by atoms with Crippen LogP contribution in [0.5, 0.6) is 0 Å². The molecule has 0 bridgehead atoms. The molecule has 0 saturated carbocycles. The van der Waals surface area contributed by atoms with E-state index in [0.717, 1.165) is 0 Å². The first kappa shape index (κ1) is 21.1. The second-order valence-electron chi connectivity index (χ2n) is 5.93. The molecular weight excluding hydrogens is 341 g/mol. The largest absolute Gasteiger partial charge is 0.467 e. The highest BCUT2D eigenvalue weighted by molar-refractivity contribution is 5.90. The highest BCUT2D eigenvalue weighted by Gasteiger charge is 2.30. The molecule has 0 spiro atoms. The summed E-state index contributed by atoms with van der Waals surface area (Å²) >= 11 is 0. The number of nitrogens with one attached hydrogen (secondary N) is 2. The number of rotatable bonds is 8. The van der Waals surface area contributed by atoms with Gasteiger partial charge in [-0.05, 0) is 17.7 Å². The Labute approximate surface area is 151 Å². The maximum atomic E-state index is 13.0. The Balaban J connectivity index is 2.95. The number of nitrogens with zero attached hydrogens (tertiary/aromatic N) is 1. The number of halogens is 1. The summed E-state index contributed by atoms with van der Waals surface area (Å²) < 4.78 is 17.7. The molecule has 26 heavy (non-hydrogen) atoms. The molecule has 1 aromatic carbocycles. The zero-order chi connectivity index (χ0) is 19.7. The fourth-order valence-corrected chi connectivity index (χ4v) is 2.39. The lowest BCUT2D eigenvalue weighted by molar-refractivity contribution is -0.146. The Morgan fingerprint density at radius 1 is 1.23 bits per heavy atom. The van der Waals surface area contributed by atoms with Gasteiger partial charge in [-0.3, -0.25) is 9.59 Å². The van der Waals surface area contributed by atoms with Gasteiger partial charge in [-0.2, -0.15) is 5.26 Å². The highest BCUT2D eigenvalue weighted by atomic mass is 19.1. The lowest BCUT2D eigenvalue weighted by Crippen LogP contribution is -2.54. The van der Waals surface area contributed by atoms with Gasteiger partial charge in [0.2, 0.25) is 11.8 Å². The summed E-state index contributed by atoms with van der Waals surface area (Å²) in [6.45, 7) is 2.90. The van der Waals surface area contributed by atoms with Crippen LogP contribution in [0.15, 0.2) is 24.3 Å². The zero-order valence-corrected chi connectivity index (χ0v) is 14.9. The molecule has 0 aliphatic carbocycles. The van der Waals surface area contributed by atoms with Crippen LogP contribution in [0.25, 0.3) is 0 Å². The van der Waals surface area contributed by atoms with Crippen LogP contribution in [-0.4, -0.2) is 37.0 Å². The van der Waals surface area contributed by atoms with E-state index in [9.17, 15) is 18.8 Å². The SMILES string of the molecule is COC(=O)[C@@H](NC(=O)[C@@H](Cc1ccc(F)cc1)NC(C)=O)[C@H](C)CC#N.